The van der Waals surface area contributed by atoms with Gasteiger partial charge < -0.3 is 11.1 Å². The average molecular weight is 344 g/mol. The number of nitrogens with two attached hydrogens (primary N) is 1. The van der Waals surface area contributed by atoms with Gasteiger partial charge in [-0.25, -0.2) is 4.68 Å². The Morgan fingerprint density at radius 3 is 2.77 bits per heavy atom. The van der Waals surface area contributed by atoms with Crippen molar-refractivity contribution >= 4 is 29.7 Å². The van der Waals surface area contributed by atoms with Crippen molar-refractivity contribution in [1.29, 1.82) is 0 Å². The molecular formula is C14H22ClN5OS. The topological polar surface area (TPSA) is 85.8 Å². The Balaban J connectivity index is 0.00000242. The third kappa shape index (κ3) is 4.79. The van der Waals surface area contributed by atoms with E-state index in [0.717, 1.165) is 12.8 Å². The number of hydrogen-bond donors (Lipinski definition) is 2. The van der Waals surface area contributed by atoms with E-state index < -0.39 is 0 Å². The molecule has 0 aliphatic carbocycles. The largest absolute Gasteiger partial charge is 0.349 e. The maximum absolute atomic E-state index is 12.1. The van der Waals surface area contributed by atoms with Gasteiger partial charge in [-0.15, -0.1) is 28.8 Å². The highest BCUT2D eigenvalue weighted by Crippen LogP contribution is 2.11. The molecule has 22 heavy (non-hydrogen) atoms. The Morgan fingerprint density at radius 1 is 1.45 bits per heavy atom. The smallest absolute Gasteiger partial charge is 0.273 e. The molecule has 0 aliphatic rings. The van der Waals surface area contributed by atoms with Gasteiger partial charge in [-0.3, -0.25) is 4.79 Å². The van der Waals surface area contributed by atoms with Crippen LogP contribution in [-0.4, -0.2) is 33.0 Å². The zero-order valence-electron chi connectivity index (χ0n) is 12.8. The Kier molecular flexibility index (Phi) is 6.99. The molecule has 2 aromatic rings. The maximum atomic E-state index is 12.1. The van der Waals surface area contributed by atoms with Crippen molar-refractivity contribution < 1.29 is 4.79 Å². The zero-order chi connectivity index (χ0) is 15.3. The quantitative estimate of drug-likeness (QED) is 0.805. The molecule has 2 rings (SSSR count). The van der Waals surface area contributed by atoms with E-state index in [1.807, 2.05) is 31.4 Å². The van der Waals surface area contributed by atoms with Crippen LogP contribution in [0.3, 0.4) is 0 Å². The third-order valence-electron chi connectivity index (χ3n) is 3.68. The van der Waals surface area contributed by atoms with Crippen LogP contribution in [-0.2, 0) is 6.54 Å². The third-order valence-corrected chi connectivity index (χ3v) is 4.54. The minimum atomic E-state index is -0.359. The number of halogens is 1. The molecule has 3 N–H and O–H groups in total. The molecular weight excluding hydrogens is 322 g/mol. The van der Waals surface area contributed by atoms with Crippen molar-refractivity contribution in [3.8, 4) is 0 Å². The van der Waals surface area contributed by atoms with Crippen molar-refractivity contribution in [1.82, 2.24) is 20.3 Å². The molecule has 0 aliphatic heterocycles. The van der Waals surface area contributed by atoms with E-state index in [9.17, 15) is 4.79 Å². The molecule has 0 atom stereocenters. The van der Waals surface area contributed by atoms with Gasteiger partial charge in [0.2, 0.25) is 0 Å². The molecule has 0 bridgehead atoms. The SMILES string of the molecule is CCC(N)(CC)CNC(=O)c1cn(Cc2cccs2)nn1.Cl. The van der Waals surface area contributed by atoms with E-state index in [4.69, 9.17) is 5.73 Å². The summed E-state index contributed by atoms with van der Waals surface area (Å²) < 4.78 is 1.66. The van der Waals surface area contributed by atoms with Gasteiger partial charge in [0, 0.05) is 17.0 Å². The standard InChI is InChI=1S/C14H21N5OS.ClH/c1-3-14(15,4-2)10-16-13(20)12-9-19(18-17-12)8-11-6-5-7-21-11;/h5-7,9H,3-4,8,10,15H2,1-2H3,(H,16,20);1H. The summed E-state index contributed by atoms with van der Waals surface area (Å²) >= 11 is 1.65. The lowest BCUT2D eigenvalue weighted by atomic mass is 9.94. The molecule has 2 heterocycles. The highest BCUT2D eigenvalue weighted by Gasteiger charge is 2.22. The first-order chi connectivity index (χ1) is 10.1. The molecule has 0 saturated heterocycles. The summed E-state index contributed by atoms with van der Waals surface area (Å²) in [5.41, 5.74) is 6.13. The second-order valence-electron chi connectivity index (χ2n) is 5.13. The first kappa shape index (κ1) is 18.6. The van der Waals surface area contributed by atoms with Gasteiger partial charge in [-0.1, -0.05) is 25.1 Å². The van der Waals surface area contributed by atoms with Gasteiger partial charge in [-0.05, 0) is 24.3 Å². The Hall–Kier alpha value is -1.44. The van der Waals surface area contributed by atoms with Crippen LogP contribution in [0, 0.1) is 0 Å². The van der Waals surface area contributed by atoms with Crippen molar-refractivity contribution in [3.05, 3.63) is 34.3 Å². The van der Waals surface area contributed by atoms with Crippen LogP contribution >= 0.6 is 23.7 Å². The van der Waals surface area contributed by atoms with E-state index in [0.29, 0.717) is 18.8 Å². The lowest BCUT2D eigenvalue weighted by molar-refractivity contribution is 0.0937. The van der Waals surface area contributed by atoms with Crippen molar-refractivity contribution in [2.24, 2.45) is 5.73 Å². The molecule has 0 radical (unpaired) electrons. The van der Waals surface area contributed by atoms with E-state index in [1.165, 1.54) is 4.88 Å². The van der Waals surface area contributed by atoms with Gasteiger partial charge >= 0.3 is 0 Å². The van der Waals surface area contributed by atoms with Crippen LogP contribution in [0.1, 0.15) is 42.1 Å². The molecule has 1 amide bonds. The summed E-state index contributed by atoms with van der Waals surface area (Å²) in [5, 5.41) is 12.7. The summed E-state index contributed by atoms with van der Waals surface area (Å²) in [7, 11) is 0. The fourth-order valence-electron chi connectivity index (χ4n) is 1.89. The van der Waals surface area contributed by atoms with Gasteiger partial charge in [0.15, 0.2) is 5.69 Å². The summed E-state index contributed by atoms with van der Waals surface area (Å²) in [6.45, 7) is 5.11. The number of amides is 1. The number of carbonyl (C=O) groups excluding carboxylic acids is 1. The predicted molar refractivity (Wildman–Crippen MR) is 90.5 cm³/mol. The molecule has 6 nitrogen and oxygen atoms in total. The number of aromatic nitrogens is 3. The number of carbonyl (C=O) groups is 1. The van der Waals surface area contributed by atoms with Crippen LogP contribution in [0.15, 0.2) is 23.7 Å². The number of thiophene rings is 1. The van der Waals surface area contributed by atoms with Crippen LogP contribution in [0.4, 0.5) is 0 Å². The highest BCUT2D eigenvalue weighted by atomic mass is 35.5. The summed E-state index contributed by atoms with van der Waals surface area (Å²) in [4.78, 5) is 13.2. The number of nitrogens with zero attached hydrogens (tertiary/aromatic N) is 3. The molecule has 0 aromatic carbocycles. The van der Waals surface area contributed by atoms with E-state index in [-0.39, 0.29) is 23.9 Å². The van der Waals surface area contributed by atoms with Crippen molar-refractivity contribution in [2.45, 2.75) is 38.8 Å². The number of hydrogen-bond acceptors (Lipinski definition) is 5. The predicted octanol–water partition coefficient (Wildman–Crippen LogP) is 2.06. The summed E-state index contributed by atoms with van der Waals surface area (Å²) in [5.74, 6) is -0.232. The fourth-order valence-corrected chi connectivity index (χ4v) is 2.58. The van der Waals surface area contributed by atoms with Crippen LogP contribution in [0.2, 0.25) is 0 Å². The minimum absolute atomic E-state index is 0. The van der Waals surface area contributed by atoms with Crippen LogP contribution in [0.25, 0.3) is 0 Å². The number of nitrogens with one attached hydrogen (secondary N) is 1. The van der Waals surface area contributed by atoms with E-state index >= 15 is 0 Å². The van der Waals surface area contributed by atoms with Crippen LogP contribution < -0.4 is 11.1 Å². The molecule has 0 unspecified atom stereocenters. The van der Waals surface area contributed by atoms with Crippen molar-refractivity contribution in [2.75, 3.05) is 6.54 Å². The molecule has 0 spiro atoms. The highest BCUT2D eigenvalue weighted by molar-refractivity contribution is 7.09. The lowest BCUT2D eigenvalue weighted by Gasteiger charge is -2.26. The lowest BCUT2D eigenvalue weighted by Crippen LogP contribution is -2.49. The van der Waals surface area contributed by atoms with Crippen LogP contribution in [0.5, 0.6) is 0 Å². The summed E-state index contributed by atoms with van der Waals surface area (Å²) in [6.07, 6.45) is 3.29. The molecule has 8 heteroatoms. The molecule has 0 fully saturated rings. The Labute approximate surface area is 140 Å². The van der Waals surface area contributed by atoms with Gasteiger partial charge in [0.05, 0.1) is 12.7 Å². The second-order valence-corrected chi connectivity index (χ2v) is 6.17. The molecule has 0 saturated carbocycles. The fraction of sp³-hybridized carbons (Fsp3) is 0.500. The van der Waals surface area contributed by atoms with Gasteiger partial charge in [0.1, 0.15) is 0 Å². The van der Waals surface area contributed by atoms with Crippen molar-refractivity contribution in [3.63, 3.8) is 0 Å². The van der Waals surface area contributed by atoms with Gasteiger partial charge in [0.25, 0.3) is 5.91 Å². The second kappa shape index (κ2) is 8.26. The number of rotatable bonds is 7. The monoisotopic (exact) mass is 343 g/mol. The Bertz CT molecular complexity index is 580. The van der Waals surface area contributed by atoms with E-state index in [2.05, 4.69) is 15.6 Å². The first-order valence-corrected chi connectivity index (χ1v) is 7.94. The normalized spacial score (nSPS) is 11.0. The summed E-state index contributed by atoms with van der Waals surface area (Å²) in [6, 6.07) is 4.01. The zero-order valence-corrected chi connectivity index (χ0v) is 14.4. The first-order valence-electron chi connectivity index (χ1n) is 7.06. The van der Waals surface area contributed by atoms with Gasteiger partial charge in [-0.2, -0.15) is 0 Å². The molecule has 122 valence electrons. The molecule has 2 aromatic heterocycles. The maximum Gasteiger partial charge on any atom is 0.273 e. The van der Waals surface area contributed by atoms with E-state index in [1.54, 1.807) is 22.2 Å². The minimum Gasteiger partial charge on any atom is -0.349 e. The average Bonchev–Trinajstić information content (AvgIpc) is 3.17. The Morgan fingerprint density at radius 2 is 2.18 bits per heavy atom.